The molecule has 29 heavy (non-hydrogen) atoms. The second-order valence-corrected chi connectivity index (χ2v) is 7.81. The fourth-order valence-corrected chi connectivity index (χ4v) is 4.15. The van der Waals surface area contributed by atoms with Crippen molar-refractivity contribution in [3.63, 3.8) is 0 Å². The summed E-state index contributed by atoms with van der Waals surface area (Å²) >= 11 is 0. The number of piperidine rings is 1. The molecule has 1 saturated heterocycles. The molecule has 0 atom stereocenters. The molecule has 1 aromatic carbocycles. The van der Waals surface area contributed by atoms with Crippen LogP contribution < -0.4 is 5.32 Å². The number of carbonyl (C=O) groups is 1. The van der Waals surface area contributed by atoms with Crippen LogP contribution in [0.15, 0.2) is 34.9 Å². The van der Waals surface area contributed by atoms with Gasteiger partial charge in [-0.15, -0.1) is 10.2 Å². The van der Waals surface area contributed by atoms with Gasteiger partial charge in [0.15, 0.2) is 0 Å². The largest absolute Gasteiger partial charge is 0.350 e. The summed E-state index contributed by atoms with van der Waals surface area (Å²) in [5, 5.41) is 16.2. The minimum atomic E-state index is -0.0956. The van der Waals surface area contributed by atoms with Crippen LogP contribution in [0.4, 0.5) is 0 Å². The molecule has 3 aromatic rings. The Balaban J connectivity index is 1.25. The first kappa shape index (κ1) is 18.1. The quantitative estimate of drug-likeness (QED) is 0.736. The number of nitrogens with one attached hydrogen (secondary N) is 1. The zero-order valence-corrected chi connectivity index (χ0v) is 16.5. The third-order valence-corrected chi connectivity index (χ3v) is 5.87. The lowest BCUT2D eigenvalue weighted by Gasteiger charge is -2.31. The van der Waals surface area contributed by atoms with Gasteiger partial charge in [-0.3, -0.25) is 4.79 Å². The Labute approximate surface area is 168 Å². The molecule has 1 amide bonds. The van der Waals surface area contributed by atoms with E-state index in [1.165, 1.54) is 5.56 Å². The molecule has 8 nitrogen and oxygen atoms in total. The van der Waals surface area contributed by atoms with E-state index in [0.29, 0.717) is 30.5 Å². The number of aryl methyl sites for hydroxylation is 1. The Bertz CT molecular complexity index is 1010. The van der Waals surface area contributed by atoms with Crippen molar-refractivity contribution in [3.8, 4) is 11.3 Å². The van der Waals surface area contributed by atoms with Gasteiger partial charge in [-0.1, -0.05) is 35.0 Å². The van der Waals surface area contributed by atoms with E-state index in [9.17, 15) is 4.79 Å². The Hall–Kier alpha value is -3.00. The van der Waals surface area contributed by atoms with E-state index < -0.39 is 0 Å². The zero-order chi connectivity index (χ0) is 19.8. The molecule has 5 rings (SSSR count). The number of nitrogens with zero attached hydrogens (tertiary/aromatic N) is 5. The average molecular weight is 392 g/mol. The van der Waals surface area contributed by atoms with Gasteiger partial charge in [0.2, 0.25) is 5.76 Å². The Morgan fingerprint density at radius 2 is 1.93 bits per heavy atom. The molecule has 0 spiro atoms. The molecular weight excluding hydrogens is 368 g/mol. The molecule has 4 heterocycles. The van der Waals surface area contributed by atoms with Crippen molar-refractivity contribution >= 4 is 5.91 Å². The lowest BCUT2D eigenvalue weighted by atomic mass is 9.95. The van der Waals surface area contributed by atoms with Gasteiger partial charge in [-0.2, -0.15) is 0 Å². The highest BCUT2D eigenvalue weighted by Gasteiger charge is 2.30. The molecule has 2 aromatic heterocycles. The lowest BCUT2D eigenvalue weighted by molar-refractivity contribution is 0.0668. The molecule has 2 aliphatic rings. The molecule has 0 radical (unpaired) electrons. The molecule has 8 heteroatoms. The van der Waals surface area contributed by atoms with Crippen molar-refractivity contribution in [3.05, 3.63) is 53.3 Å². The summed E-state index contributed by atoms with van der Waals surface area (Å²) in [5.74, 6) is 2.62. The van der Waals surface area contributed by atoms with Crippen LogP contribution in [0, 0.1) is 6.92 Å². The maximum absolute atomic E-state index is 12.9. The summed E-state index contributed by atoms with van der Waals surface area (Å²) in [6.45, 7) is 6.05. The van der Waals surface area contributed by atoms with Crippen LogP contribution in [0.1, 0.15) is 46.5 Å². The van der Waals surface area contributed by atoms with Crippen LogP contribution in [-0.4, -0.2) is 50.4 Å². The summed E-state index contributed by atoms with van der Waals surface area (Å²) in [6, 6.07) is 9.76. The van der Waals surface area contributed by atoms with Gasteiger partial charge in [-0.05, 0) is 19.8 Å². The maximum Gasteiger partial charge on any atom is 0.292 e. The van der Waals surface area contributed by atoms with Gasteiger partial charge < -0.3 is 19.3 Å². The number of benzene rings is 1. The van der Waals surface area contributed by atoms with Gasteiger partial charge in [0.25, 0.3) is 5.91 Å². The minimum absolute atomic E-state index is 0.0956. The zero-order valence-electron chi connectivity index (χ0n) is 16.5. The third kappa shape index (κ3) is 3.44. The van der Waals surface area contributed by atoms with Crippen molar-refractivity contribution < 1.29 is 9.32 Å². The average Bonchev–Trinajstić information content (AvgIpc) is 3.42. The van der Waals surface area contributed by atoms with Crippen molar-refractivity contribution in [1.82, 2.24) is 30.1 Å². The van der Waals surface area contributed by atoms with Gasteiger partial charge in [-0.25, -0.2) is 0 Å². The van der Waals surface area contributed by atoms with Gasteiger partial charge in [0, 0.05) is 43.7 Å². The molecule has 2 aliphatic heterocycles. The van der Waals surface area contributed by atoms with E-state index in [0.717, 1.165) is 49.7 Å². The van der Waals surface area contributed by atoms with Gasteiger partial charge >= 0.3 is 0 Å². The second-order valence-electron chi connectivity index (χ2n) is 7.81. The highest BCUT2D eigenvalue weighted by atomic mass is 16.5. The van der Waals surface area contributed by atoms with Crippen molar-refractivity contribution in [1.29, 1.82) is 0 Å². The first-order valence-corrected chi connectivity index (χ1v) is 10.1. The Morgan fingerprint density at radius 3 is 2.72 bits per heavy atom. The minimum Gasteiger partial charge on any atom is -0.350 e. The standard InChI is InChI=1S/C21H24N6O2/c1-14-2-4-15(5-3-14)17-12-18(29-25-17)21(28)26-9-6-16(7-10-26)20-24-23-19-13-22-8-11-27(19)20/h2-5,12,16,22H,6-11,13H2,1H3. The molecule has 0 saturated carbocycles. The van der Waals surface area contributed by atoms with Gasteiger partial charge in [0.1, 0.15) is 17.3 Å². The molecule has 150 valence electrons. The fourth-order valence-electron chi connectivity index (χ4n) is 4.15. The summed E-state index contributed by atoms with van der Waals surface area (Å²) in [6.07, 6.45) is 1.77. The topological polar surface area (TPSA) is 89.1 Å². The van der Waals surface area contributed by atoms with Crippen LogP contribution in [0.25, 0.3) is 11.3 Å². The second kappa shape index (κ2) is 7.44. The number of rotatable bonds is 3. The first-order chi connectivity index (χ1) is 14.2. The molecule has 0 bridgehead atoms. The van der Waals surface area contributed by atoms with E-state index in [-0.39, 0.29) is 5.91 Å². The maximum atomic E-state index is 12.9. The molecule has 1 fully saturated rings. The normalized spacial score (nSPS) is 17.3. The number of fused-ring (bicyclic) bond motifs is 1. The van der Waals surface area contributed by atoms with Crippen molar-refractivity contribution in [2.45, 2.75) is 38.8 Å². The smallest absolute Gasteiger partial charge is 0.292 e. The number of amides is 1. The predicted octanol–water partition coefficient (Wildman–Crippen LogP) is 2.36. The summed E-state index contributed by atoms with van der Waals surface area (Å²) in [4.78, 5) is 14.7. The number of aromatic nitrogens is 4. The van der Waals surface area contributed by atoms with Gasteiger partial charge in [0.05, 0.1) is 6.54 Å². The van der Waals surface area contributed by atoms with Crippen LogP contribution in [0.3, 0.4) is 0 Å². The van der Waals surface area contributed by atoms with E-state index in [1.807, 2.05) is 36.1 Å². The number of carbonyl (C=O) groups excluding carboxylic acids is 1. The number of hydrogen-bond donors (Lipinski definition) is 1. The number of hydrogen-bond acceptors (Lipinski definition) is 6. The van der Waals surface area contributed by atoms with Crippen LogP contribution in [0.5, 0.6) is 0 Å². The van der Waals surface area contributed by atoms with E-state index in [1.54, 1.807) is 6.07 Å². The fraction of sp³-hybridized carbons (Fsp3) is 0.429. The predicted molar refractivity (Wildman–Crippen MR) is 106 cm³/mol. The summed E-state index contributed by atoms with van der Waals surface area (Å²) in [5.41, 5.74) is 2.82. The Morgan fingerprint density at radius 1 is 1.14 bits per heavy atom. The Kier molecular flexibility index (Phi) is 4.63. The summed E-state index contributed by atoms with van der Waals surface area (Å²) in [7, 11) is 0. The molecule has 1 N–H and O–H groups in total. The van der Waals surface area contributed by atoms with Crippen molar-refractivity contribution in [2.75, 3.05) is 19.6 Å². The SMILES string of the molecule is Cc1ccc(-c2cc(C(=O)N3CCC(c4nnc5n4CCNC5)CC3)on2)cc1. The molecule has 0 unspecified atom stereocenters. The van der Waals surface area contributed by atoms with E-state index >= 15 is 0 Å². The van der Waals surface area contributed by atoms with Crippen LogP contribution in [-0.2, 0) is 13.1 Å². The third-order valence-electron chi connectivity index (χ3n) is 5.87. The van der Waals surface area contributed by atoms with Crippen LogP contribution in [0.2, 0.25) is 0 Å². The van der Waals surface area contributed by atoms with E-state index in [4.69, 9.17) is 4.52 Å². The monoisotopic (exact) mass is 392 g/mol. The highest BCUT2D eigenvalue weighted by molar-refractivity contribution is 5.92. The highest BCUT2D eigenvalue weighted by Crippen LogP contribution is 2.29. The lowest BCUT2D eigenvalue weighted by Crippen LogP contribution is -2.38. The molecular formula is C21H24N6O2. The summed E-state index contributed by atoms with van der Waals surface area (Å²) < 4.78 is 7.60. The first-order valence-electron chi connectivity index (χ1n) is 10.1. The van der Waals surface area contributed by atoms with E-state index in [2.05, 4.69) is 25.2 Å². The molecule has 0 aliphatic carbocycles. The van der Waals surface area contributed by atoms with Crippen LogP contribution >= 0.6 is 0 Å². The number of likely N-dealkylation sites (tertiary alicyclic amines) is 1. The van der Waals surface area contributed by atoms with Crippen molar-refractivity contribution in [2.24, 2.45) is 0 Å².